The number of benzene rings is 2. The Labute approximate surface area is 157 Å². The van der Waals surface area contributed by atoms with Crippen LogP contribution >= 0.6 is 11.6 Å². The zero-order chi connectivity index (χ0) is 18.7. The largest absolute Gasteiger partial charge is 0.484 e. The Kier molecular flexibility index (Phi) is 5.49. The van der Waals surface area contributed by atoms with E-state index in [1.54, 1.807) is 41.3 Å². The molecule has 1 heterocycles. The van der Waals surface area contributed by atoms with Gasteiger partial charge in [0.25, 0.3) is 5.91 Å². The Bertz CT molecular complexity index is 762. The van der Waals surface area contributed by atoms with Gasteiger partial charge in [0.1, 0.15) is 17.7 Å². The van der Waals surface area contributed by atoms with Crippen molar-refractivity contribution in [2.75, 3.05) is 19.8 Å². The first kappa shape index (κ1) is 18.7. The summed E-state index contributed by atoms with van der Waals surface area (Å²) < 4.78 is 24.6. The third-order valence-electron chi connectivity index (χ3n) is 4.44. The molecule has 138 valence electrons. The Morgan fingerprint density at radius 2 is 1.88 bits per heavy atom. The first-order valence-corrected chi connectivity index (χ1v) is 8.79. The summed E-state index contributed by atoms with van der Waals surface area (Å²) in [5, 5.41) is 0.611. The maximum atomic E-state index is 13.1. The topological polar surface area (TPSA) is 38.8 Å². The van der Waals surface area contributed by atoms with Gasteiger partial charge in [-0.2, -0.15) is 0 Å². The summed E-state index contributed by atoms with van der Waals surface area (Å²) >= 11 is 5.85. The van der Waals surface area contributed by atoms with Gasteiger partial charge in [0.15, 0.2) is 6.61 Å². The standard InChI is InChI=1S/C20H21ClFNO3/c1-20(2)13-26-18(14-3-7-16(22)8-4-14)11-23(20)19(24)12-25-17-9-5-15(21)6-10-17/h3-10,18H,11-13H2,1-2H3. The minimum Gasteiger partial charge on any atom is -0.484 e. The van der Waals surface area contributed by atoms with Gasteiger partial charge >= 0.3 is 0 Å². The van der Waals surface area contributed by atoms with Crippen LogP contribution in [-0.4, -0.2) is 36.1 Å². The molecule has 0 saturated carbocycles. The lowest BCUT2D eigenvalue weighted by Gasteiger charge is -2.45. The van der Waals surface area contributed by atoms with E-state index in [2.05, 4.69) is 0 Å². The van der Waals surface area contributed by atoms with Crippen LogP contribution in [0.4, 0.5) is 4.39 Å². The first-order chi connectivity index (χ1) is 12.3. The normalized spacial score (nSPS) is 19.2. The Hall–Kier alpha value is -2.11. The van der Waals surface area contributed by atoms with Gasteiger partial charge in [0.2, 0.25) is 0 Å². The van der Waals surface area contributed by atoms with Gasteiger partial charge in [-0.25, -0.2) is 4.39 Å². The van der Waals surface area contributed by atoms with E-state index in [1.807, 2.05) is 13.8 Å². The van der Waals surface area contributed by atoms with Crippen LogP contribution in [0.2, 0.25) is 5.02 Å². The number of amides is 1. The number of carbonyl (C=O) groups is 1. The van der Waals surface area contributed by atoms with Crippen molar-refractivity contribution >= 4 is 17.5 Å². The molecule has 26 heavy (non-hydrogen) atoms. The quantitative estimate of drug-likeness (QED) is 0.800. The minimum absolute atomic E-state index is 0.0683. The van der Waals surface area contributed by atoms with Gasteiger partial charge in [-0.3, -0.25) is 4.79 Å². The van der Waals surface area contributed by atoms with Crippen LogP contribution in [0.1, 0.15) is 25.5 Å². The molecule has 1 saturated heterocycles. The first-order valence-electron chi connectivity index (χ1n) is 8.41. The maximum Gasteiger partial charge on any atom is 0.261 e. The number of halogens is 2. The van der Waals surface area contributed by atoms with Gasteiger partial charge in [0.05, 0.1) is 18.7 Å². The van der Waals surface area contributed by atoms with Gasteiger partial charge in [0, 0.05) is 5.02 Å². The molecule has 0 bridgehead atoms. The van der Waals surface area contributed by atoms with E-state index in [1.165, 1.54) is 12.1 Å². The molecule has 2 aromatic carbocycles. The summed E-state index contributed by atoms with van der Waals surface area (Å²) in [4.78, 5) is 14.5. The second-order valence-corrected chi connectivity index (χ2v) is 7.35. The summed E-state index contributed by atoms with van der Waals surface area (Å²) in [6.45, 7) is 4.62. The van der Waals surface area contributed by atoms with E-state index in [4.69, 9.17) is 21.1 Å². The molecule has 6 heteroatoms. The van der Waals surface area contributed by atoms with E-state index in [0.29, 0.717) is 23.9 Å². The fourth-order valence-electron chi connectivity index (χ4n) is 2.92. The predicted octanol–water partition coefficient (Wildman–Crippen LogP) is 4.24. The lowest BCUT2D eigenvalue weighted by atomic mass is 9.98. The summed E-state index contributed by atoms with van der Waals surface area (Å²) in [6.07, 6.45) is -0.289. The predicted molar refractivity (Wildman–Crippen MR) is 97.8 cm³/mol. The number of hydrogen-bond donors (Lipinski definition) is 0. The van der Waals surface area contributed by atoms with E-state index in [9.17, 15) is 9.18 Å². The highest BCUT2D eigenvalue weighted by molar-refractivity contribution is 6.30. The van der Waals surface area contributed by atoms with Gasteiger partial charge in [-0.05, 0) is 55.8 Å². The van der Waals surface area contributed by atoms with Crippen molar-refractivity contribution in [1.29, 1.82) is 0 Å². The molecule has 0 radical (unpaired) electrons. The molecular formula is C20H21ClFNO3. The Balaban J connectivity index is 1.67. The van der Waals surface area contributed by atoms with Crippen LogP contribution in [0, 0.1) is 5.82 Å². The van der Waals surface area contributed by atoms with E-state index < -0.39 is 5.54 Å². The summed E-state index contributed by atoms with van der Waals surface area (Å²) in [7, 11) is 0. The molecular weight excluding hydrogens is 357 g/mol. The van der Waals surface area contributed by atoms with Gasteiger partial charge in [-0.15, -0.1) is 0 Å². The molecule has 0 spiro atoms. The van der Waals surface area contributed by atoms with Crippen molar-refractivity contribution in [3.8, 4) is 5.75 Å². The van der Waals surface area contributed by atoms with Crippen molar-refractivity contribution in [3.05, 3.63) is 64.9 Å². The third kappa shape index (κ3) is 4.34. The number of ether oxygens (including phenoxy) is 2. The zero-order valence-corrected chi connectivity index (χ0v) is 15.5. The summed E-state index contributed by atoms with van der Waals surface area (Å²) in [5.41, 5.74) is 0.398. The van der Waals surface area contributed by atoms with Crippen molar-refractivity contribution in [1.82, 2.24) is 4.90 Å². The number of nitrogens with zero attached hydrogens (tertiary/aromatic N) is 1. The second-order valence-electron chi connectivity index (χ2n) is 6.91. The smallest absolute Gasteiger partial charge is 0.261 e. The van der Waals surface area contributed by atoms with Crippen molar-refractivity contribution in [2.24, 2.45) is 0 Å². The number of morpholine rings is 1. The maximum absolute atomic E-state index is 13.1. The zero-order valence-electron chi connectivity index (χ0n) is 14.7. The molecule has 1 fully saturated rings. The van der Waals surface area contributed by atoms with Crippen LogP contribution in [0.5, 0.6) is 5.75 Å². The fraction of sp³-hybridized carbons (Fsp3) is 0.350. The lowest BCUT2D eigenvalue weighted by molar-refractivity contribution is -0.156. The highest BCUT2D eigenvalue weighted by atomic mass is 35.5. The SMILES string of the molecule is CC1(C)COC(c2ccc(F)cc2)CN1C(=O)COc1ccc(Cl)cc1. The molecule has 1 amide bonds. The average Bonchev–Trinajstić information content (AvgIpc) is 2.62. The minimum atomic E-state index is -0.447. The molecule has 4 nitrogen and oxygen atoms in total. The Morgan fingerprint density at radius 3 is 2.54 bits per heavy atom. The van der Waals surface area contributed by atoms with Gasteiger partial charge < -0.3 is 14.4 Å². The molecule has 3 rings (SSSR count). The van der Waals surface area contributed by atoms with Gasteiger partial charge in [-0.1, -0.05) is 23.7 Å². The van der Waals surface area contributed by atoms with Crippen LogP contribution in [0.3, 0.4) is 0 Å². The van der Waals surface area contributed by atoms with Crippen LogP contribution in [0.25, 0.3) is 0 Å². The van der Waals surface area contributed by atoms with Crippen molar-refractivity contribution < 1.29 is 18.7 Å². The molecule has 1 atom stereocenters. The third-order valence-corrected chi connectivity index (χ3v) is 4.69. The monoisotopic (exact) mass is 377 g/mol. The molecule has 1 aliphatic rings. The highest BCUT2D eigenvalue weighted by Gasteiger charge is 2.38. The molecule has 0 aliphatic carbocycles. The highest BCUT2D eigenvalue weighted by Crippen LogP contribution is 2.30. The molecule has 2 aromatic rings. The fourth-order valence-corrected chi connectivity index (χ4v) is 3.05. The van der Waals surface area contributed by atoms with E-state index in [-0.39, 0.29) is 24.4 Å². The van der Waals surface area contributed by atoms with E-state index >= 15 is 0 Å². The van der Waals surface area contributed by atoms with E-state index in [0.717, 1.165) is 5.56 Å². The van der Waals surface area contributed by atoms with Crippen LogP contribution < -0.4 is 4.74 Å². The molecule has 1 unspecified atom stereocenters. The van der Waals surface area contributed by atoms with Crippen molar-refractivity contribution in [3.63, 3.8) is 0 Å². The Morgan fingerprint density at radius 1 is 1.23 bits per heavy atom. The molecule has 1 aliphatic heterocycles. The number of hydrogen-bond acceptors (Lipinski definition) is 3. The summed E-state index contributed by atoms with van der Waals surface area (Å²) in [5.74, 6) is 0.165. The average molecular weight is 378 g/mol. The van der Waals surface area contributed by atoms with Crippen LogP contribution in [0.15, 0.2) is 48.5 Å². The number of carbonyl (C=O) groups excluding carboxylic acids is 1. The number of rotatable bonds is 4. The van der Waals surface area contributed by atoms with Crippen molar-refractivity contribution in [2.45, 2.75) is 25.5 Å². The van der Waals surface area contributed by atoms with Crippen LogP contribution in [-0.2, 0) is 9.53 Å². The lowest BCUT2D eigenvalue weighted by Crippen LogP contribution is -2.57. The second kappa shape index (κ2) is 7.64. The molecule has 0 N–H and O–H groups in total. The summed E-state index contributed by atoms with van der Waals surface area (Å²) in [6, 6.07) is 13.0. The molecule has 0 aromatic heterocycles.